The Morgan fingerprint density at radius 1 is 0.500 bits per heavy atom. The Bertz CT molecular complexity index is 1340. The molecule has 19 nitrogen and oxygen atoms in total. The van der Waals surface area contributed by atoms with E-state index in [1.807, 2.05) is 0 Å². The number of aliphatic hydroxyl groups excluding tert-OH is 3. The number of ether oxygens (including phenoxy) is 2. The number of rotatable bonds is 39. The van der Waals surface area contributed by atoms with Crippen LogP contribution in [0, 0.1) is 0 Å². The predicted molar refractivity (Wildman–Crippen MR) is 233 cm³/mol. The lowest BCUT2D eigenvalue weighted by molar-refractivity contribution is -0.213. The van der Waals surface area contributed by atoms with Gasteiger partial charge in [-0.25, -0.2) is 13.7 Å². The molecule has 0 bridgehead atoms. The number of thiol groups is 1. The predicted octanol–water partition coefficient (Wildman–Crippen LogP) is 7.09. The SMILES string of the molecule is CCCCCCCCCCCCCCCC(=O)O[C@H](COC(=O)CCCCCCCCCCCCCS)COP(=O)(O)OC1C(O)[C@H](O)C(OP(=O)(O)O)[C@H](OP(=O)(O)O)[C@@H]1O. The van der Waals surface area contributed by atoms with Gasteiger partial charge in [-0.05, 0) is 25.0 Å². The number of aliphatic hydroxyl groups is 3. The van der Waals surface area contributed by atoms with Gasteiger partial charge in [0.05, 0.1) is 6.61 Å². The highest BCUT2D eigenvalue weighted by Gasteiger charge is 2.56. The van der Waals surface area contributed by atoms with Crippen molar-refractivity contribution >= 4 is 48.0 Å². The standard InChI is InChI=1S/C39H77O19P3S/c1-2-3-4-5-6-7-8-9-11-15-18-21-24-27-33(41)55-31(29-53-32(40)26-23-20-17-14-12-10-13-16-19-22-25-28-62)30-54-61(51,52)58-37-34(42)35(43)38(56-59(45,46)47)39(36(37)44)57-60(48,49)50/h31,34-39,42-44,62H,2-30H2,1H3,(H,51,52)(H2,45,46,47)(H2,48,49,50)/t31-,34?,35+,36-,37?,38?,39-/m1/s1. The monoisotopic (exact) mass is 974 g/mol. The molecule has 1 saturated carbocycles. The van der Waals surface area contributed by atoms with E-state index < -0.39 is 91.3 Å². The van der Waals surface area contributed by atoms with Crippen molar-refractivity contribution in [3.63, 3.8) is 0 Å². The zero-order valence-corrected chi connectivity index (χ0v) is 40.0. The highest BCUT2D eigenvalue weighted by molar-refractivity contribution is 7.80. The summed E-state index contributed by atoms with van der Waals surface area (Å²) >= 11 is 4.23. The number of carbonyl (C=O) groups is 2. The van der Waals surface area contributed by atoms with E-state index in [1.54, 1.807) is 0 Å². The number of esters is 2. The van der Waals surface area contributed by atoms with E-state index in [0.717, 1.165) is 63.5 Å². The molecule has 4 unspecified atom stereocenters. The summed E-state index contributed by atoms with van der Waals surface area (Å²) in [6.07, 6.45) is 9.71. The molecule has 8 N–H and O–H groups in total. The van der Waals surface area contributed by atoms with E-state index in [9.17, 15) is 63.1 Å². The maximum atomic E-state index is 13.1. The molecule has 8 atom stereocenters. The summed E-state index contributed by atoms with van der Waals surface area (Å²) in [7, 11) is -16.6. The quantitative estimate of drug-likeness (QED) is 0.0128. The smallest absolute Gasteiger partial charge is 0.462 e. The van der Waals surface area contributed by atoms with Crippen molar-refractivity contribution in [2.24, 2.45) is 0 Å². The minimum Gasteiger partial charge on any atom is -0.462 e. The molecule has 1 aliphatic rings. The van der Waals surface area contributed by atoms with Crippen LogP contribution < -0.4 is 0 Å². The van der Waals surface area contributed by atoms with Gasteiger partial charge in [-0.2, -0.15) is 12.6 Å². The van der Waals surface area contributed by atoms with E-state index in [0.29, 0.717) is 12.8 Å². The molecule has 0 radical (unpaired) electrons. The second-order valence-corrected chi connectivity index (χ2v) is 20.3. The van der Waals surface area contributed by atoms with Gasteiger partial charge >= 0.3 is 35.4 Å². The highest BCUT2D eigenvalue weighted by atomic mass is 32.1. The van der Waals surface area contributed by atoms with Crippen LogP contribution in [0.15, 0.2) is 0 Å². The van der Waals surface area contributed by atoms with Crippen LogP contribution in [-0.2, 0) is 50.9 Å². The molecule has 0 aromatic carbocycles. The van der Waals surface area contributed by atoms with E-state index in [2.05, 4.69) is 28.6 Å². The number of phosphoric acid groups is 3. The fourth-order valence-electron chi connectivity index (χ4n) is 7.09. The summed E-state index contributed by atoms with van der Waals surface area (Å²) in [5.41, 5.74) is 0. The second kappa shape index (κ2) is 33.9. The molecule has 0 saturated heterocycles. The van der Waals surface area contributed by atoms with Crippen molar-refractivity contribution in [2.45, 2.75) is 217 Å². The van der Waals surface area contributed by atoms with Crippen LogP contribution >= 0.6 is 36.1 Å². The minimum atomic E-state index is -5.59. The first-order valence-corrected chi connectivity index (χ1v) is 27.6. The van der Waals surface area contributed by atoms with Crippen LogP contribution in [0.5, 0.6) is 0 Å². The Hall–Kier alpha value is -0.500. The molecule has 0 aliphatic heterocycles. The molecule has 1 rings (SSSR count). The van der Waals surface area contributed by atoms with Gasteiger partial charge in [-0.1, -0.05) is 142 Å². The normalized spacial score (nSPS) is 22.3. The van der Waals surface area contributed by atoms with Crippen molar-refractivity contribution in [2.75, 3.05) is 19.0 Å². The lowest BCUT2D eigenvalue weighted by Gasteiger charge is -2.44. The average molecular weight is 975 g/mol. The first kappa shape index (κ1) is 59.5. The van der Waals surface area contributed by atoms with Gasteiger partial charge in [0.15, 0.2) is 6.10 Å². The molecule has 23 heteroatoms. The zero-order valence-electron chi connectivity index (χ0n) is 36.4. The van der Waals surface area contributed by atoms with E-state index in [1.165, 1.54) is 83.5 Å². The summed E-state index contributed by atoms with van der Waals surface area (Å²) in [6, 6.07) is 0. The molecule has 0 aromatic heterocycles. The van der Waals surface area contributed by atoms with E-state index in [-0.39, 0.29) is 12.8 Å². The zero-order chi connectivity index (χ0) is 46.4. The fraction of sp³-hybridized carbons (Fsp3) is 0.949. The van der Waals surface area contributed by atoms with Gasteiger partial charge in [0.2, 0.25) is 0 Å². The van der Waals surface area contributed by atoms with Crippen LogP contribution in [-0.4, -0.2) is 113 Å². The van der Waals surface area contributed by atoms with Crippen LogP contribution in [0.4, 0.5) is 0 Å². The largest absolute Gasteiger partial charge is 0.472 e. The summed E-state index contributed by atoms with van der Waals surface area (Å²) in [4.78, 5) is 73.0. The molecular formula is C39H77O19P3S. The Labute approximate surface area is 373 Å². The third kappa shape index (κ3) is 29.9. The van der Waals surface area contributed by atoms with Crippen LogP contribution in [0.2, 0.25) is 0 Å². The van der Waals surface area contributed by atoms with Gasteiger partial charge in [0.1, 0.15) is 43.2 Å². The van der Waals surface area contributed by atoms with Gasteiger partial charge in [0, 0.05) is 12.8 Å². The lowest BCUT2D eigenvalue weighted by atomic mass is 9.85. The first-order chi connectivity index (χ1) is 29.3. The van der Waals surface area contributed by atoms with E-state index >= 15 is 0 Å². The topological polar surface area (TPSA) is 303 Å². The molecule has 62 heavy (non-hydrogen) atoms. The van der Waals surface area contributed by atoms with Crippen LogP contribution in [0.3, 0.4) is 0 Å². The summed E-state index contributed by atoms with van der Waals surface area (Å²) in [6.45, 7) is 0.727. The van der Waals surface area contributed by atoms with Crippen molar-refractivity contribution in [3.8, 4) is 0 Å². The molecule has 0 heterocycles. The first-order valence-electron chi connectivity index (χ1n) is 22.4. The molecule has 1 aliphatic carbocycles. The Balaban J connectivity index is 2.76. The van der Waals surface area contributed by atoms with Gasteiger partial charge < -0.3 is 49.3 Å². The Morgan fingerprint density at radius 2 is 0.871 bits per heavy atom. The van der Waals surface area contributed by atoms with Gasteiger partial charge in [-0.3, -0.25) is 27.7 Å². The Morgan fingerprint density at radius 3 is 1.29 bits per heavy atom. The van der Waals surface area contributed by atoms with Crippen LogP contribution in [0.1, 0.15) is 174 Å². The molecule has 368 valence electrons. The number of hydrogen-bond acceptors (Lipinski definition) is 15. The summed E-state index contributed by atoms with van der Waals surface area (Å²) < 4.78 is 65.3. The fourth-order valence-corrected chi connectivity index (χ4v) is 9.41. The molecular weight excluding hydrogens is 897 g/mol. The van der Waals surface area contributed by atoms with Crippen molar-refractivity contribution in [1.29, 1.82) is 0 Å². The number of carbonyl (C=O) groups excluding carboxylic acids is 2. The summed E-state index contributed by atoms with van der Waals surface area (Å²) in [5.74, 6) is -0.374. The van der Waals surface area contributed by atoms with Crippen LogP contribution in [0.25, 0.3) is 0 Å². The van der Waals surface area contributed by atoms with E-state index in [4.69, 9.17) is 18.5 Å². The molecule has 0 spiro atoms. The maximum absolute atomic E-state index is 13.1. The molecule has 1 fully saturated rings. The minimum absolute atomic E-state index is 0.00269. The summed E-state index contributed by atoms with van der Waals surface area (Å²) in [5, 5.41) is 31.8. The highest BCUT2D eigenvalue weighted by Crippen LogP contribution is 2.51. The molecule has 0 aromatic rings. The van der Waals surface area contributed by atoms with Crippen molar-refractivity contribution in [3.05, 3.63) is 0 Å². The second-order valence-electron chi connectivity index (χ2n) is 16.1. The number of phosphoric ester groups is 3. The third-order valence-electron chi connectivity index (χ3n) is 10.5. The Kier molecular flexibility index (Phi) is 32.5. The van der Waals surface area contributed by atoms with Crippen molar-refractivity contribution < 1.29 is 90.6 Å². The van der Waals surface area contributed by atoms with Gasteiger partial charge in [0.25, 0.3) is 0 Å². The average Bonchev–Trinajstić information content (AvgIpc) is 3.19. The maximum Gasteiger partial charge on any atom is 0.472 e. The third-order valence-corrected chi connectivity index (χ3v) is 12.8. The lowest BCUT2D eigenvalue weighted by Crippen LogP contribution is -2.65. The van der Waals surface area contributed by atoms with Crippen molar-refractivity contribution in [1.82, 2.24) is 0 Å². The number of hydrogen-bond donors (Lipinski definition) is 9. The molecule has 0 amide bonds. The number of unbranched alkanes of at least 4 members (excludes halogenated alkanes) is 22. The van der Waals surface area contributed by atoms with Gasteiger partial charge in [-0.15, -0.1) is 0 Å².